The number of Topliss-reactive ketones (excluding diaryl/α,β-unsaturated/α-hetero) is 1. The predicted octanol–water partition coefficient (Wildman–Crippen LogP) is 3.52. The molecule has 0 amide bonds. The molecule has 0 bridgehead atoms. The molecule has 7 nitrogen and oxygen atoms in total. The fraction of sp³-hybridized carbons (Fsp3) is 0.263. The number of rotatable bonds is 7. The second kappa shape index (κ2) is 8.18. The molecule has 0 saturated heterocycles. The van der Waals surface area contributed by atoms with Gasteiger partial charge in [0.25, 0.3) is 0 Å². The molecule has 0 aliphatic carbocycles. The Morgan fingerprint density at radius 3 is 2.63 bits per heavy atom. The molecule has 2 aromatic rings. The maximum absolute atomic E-state index is 12.3. The minimum absolute atomic E-state index is 0.113. The summed E-state index contributed by atoms with van der Waals surface area (Å²) in [6.07, 6.45) is 0. The van der Waals surface area contributed by atoms with Gasteiger partial charge in [-0.05, 0) is 37.3 Å². The number of ketones is 1. The van der Waals surface area contributed by atoms with Crippen LogP contribution in [0.4, 0.5) is 0 Å². The maximum atomic E-state index is 12.3. The molecule has 0 aromatic heterocycles. The Balaban J connectivity index is 1.68. The van der Waals surface area contributed by atoms with E-state index in [0.717, 1.165) is 0 Å². The highest BCUT2D eigenvalue weighted by atomic mass is 35.5. The largest absolute Gasteiger partial charge is 0.493 e. The van der Waals surface area contributed by atoms with E-state index in [0.29, 0.717) is 35.2 Å². The fourth-order valence-electron chi connectivity index (χ4n) is 2.49. The van der Waals surface area contributed by atoms with Crippen LogP contribution in [0.15, 0.2) is 30.3 Å². The van der Waals surface area contributed by atoms with Crippen molar-refractivity contribution >= 4 is 23.4 Å². The van der Waals surface area contributed by atoms with Crippen molar-refractivity contribution in [3.63, 3.8) is 0 Å². The average molecular weight is 393 g/mol. The van der Waals surface area contributed by atoms with Crippen molar-refractivity contribution < 1.29 is 33.3 Å². The summed E-state index contributed by atoms with van der Waals surface area (Å²) in [4.78, 5) is 24.5. The molecule has 1 heterocycles. The second-order valence-electron chi connectivity index (χ2n) is 5.49. The van der Waals surface area contributed by atoms with Crippen LogP contribution in [0.2, 0.25) is 5.02 Å². The number of hydrogen-bond acceptors (Lipinski definition) is 7. The number of hydrogen-bond donors (Lipinski definition) is 0. The van der Waals surface area contributed by atoms with Crippen LogP contribution in [0.3, 0.4) is 0 Å². The van der Waals surface area contributed by atoms with E-state index in [-0.39, 0.29) is 23.2 Å². The first-order valence-electron chi connectivity index (χ1n) is 8.13. The Morgan fingerprint density at radius 1 is 1.11 bits per heavy atom. The van der Waals surface area contributed by atoms with Gasteiger partial charge < -0.3 is 23.7 Å². The normalized spacial score (nSPS) is 11.8. The molecule has 0 unspecified atom stereocenters. The van der Waals surface area contributed by atoms with E-state index in [9.17, 15) is 9.59 Å². The molecular formula is C19H17ClO7. The van der Waals surface area contributed by atoms with Crippen molar-refractivity contribution in [2.75, 3.05) is 27.1 Å². The smallest absolute Gasteiger partial charge is 0.338 e. The molecule has 0 fully saturated rings. The minimum atomic E-state index is -0.702. The van der Waals surface area contributed by atoms with Gasteiger partial charge in [0.15, 0.2) is 35.4 Å². The molecule has 1 aliphatic heterocycles. The molecule has 0 saturated carbocycles. The summed E-state index contributed by atoms with van der Waals surface area (Å²) in [5, 5.41) is 0.213. The highest BCUT2D eigenvalue weighted by Gasteiger charge is 2.20. The number of carbonyl (C=O) groups excluding carboxylic acids is 2. The van der Waals surface area contributed by atoms with Gasteiger partial charge in [-0.3, -0.25) is 4.79 Å². The van der Waals surface area contributed by atoms with Crippen LogP contribution in [-0.4, -0.2) is 38.9 Å². The Hall–Kier alpha value is -2.93. The first kappa shape index (κ1) is 18.8. The van der Waals surface area contributed by atoms with Gasteiger partial charge in [-0.2, -0.15) is 0 Å². The Bertz CT molecular complexity index is 879. The first-order valence-corrected chi connectivity index (χ1v) is 8.51. The molecule has 0 N–H and O–H groups in total. The highest BCUT2D eigenvalue weighted by Crippen LogP contribution is 2.36. The van der Waals surface area contributed by atoms with Crippen molar-refractivity contribution in [1.29, 1.82) is 0 Å². The lowest BCUT2D eigenvalue weighted by Gasteiger charge is -2.12. The van der Waals surface area contributed by atoms with Gasteiger partial charge >= 0.3 is 5.97 Å². The summed E-state index contributed by atoms with van der Waals surface area (Å²) in [5.74, 6) is 0.626. The third-order valence-corrected chi connectivity index (χ3v) is 4.06. The summed E-state index contributed by atoms with van der Waals surface area (Å²) in [7, 11) is 1.44. The van der Waals surface area contributed by atoms with Crippen LogP contribution < -0.4 is 18.9 Å². The summed E-state index contributed by atoms with van der Waals surface area (Å²) in [5.41, 5.74) is 0.508. The monoisotopic (exact) mass is 392 g/mol. The van der Waals surface area contributed by atoms with Crippen LogP contribution in [-0.2, 0) is 4.74 Å². The second-order valence-corrected chi connectivity index (χ2v) is 5.90. The molecule has 0 radical (unpaired) electrons. The van der Waals surface area contributed by atoms with Crippen LogP contribution in [0.5, 0.6) is 23.0 Å². The Labute approximate surface area is 160 Å². The fourth-order valence-corrected chi connectivity index (χ4v) is 2.76. The lowest BCUT2D eigenvalue weighted by atomic mass is 10.1. The van der Waals surface area contributed by atoms with Gasteiger partial charge in [0.2, 0.25) is 6.79 Å². The summed E-state index contributed by atoms with van der Waals surface area (Å²) in [6.45, 7) is 1.89. The minimum Gasteiger partial charge on any atom is -0.493 e. The topological polar surface area (TPSA) is 80.3 Å². The zero-order valence-electron chi connectivity index (χ0n) is 14.7. The standard InChI is InChI=1S/C19H17ClO7/c1-3-24-18-13(20)6-12(8-17(18)23-2)19(22)25-9-14(21)11-4-5-15-16(7-11)27-10-26-15/h4-8H,3,9-10H2,1-2H3. The number of fused-ring (bicyclic) bond motifs is 1. The lowest BCUT2D eigenvalue weighted by molar-refractivity contribution is 0.0474. The SMILES string of the molecule is CCOc1c(Cl)cc(C(=O)OCC(=O)c2ccc3c(c2)OCO3)cc1OC. The number of benzene rings is 2. The summed E-state index contributed by atoms with van der Waals surface area (Å²) < 4.78 is 26.1. The molecule has 0 atom stereocenters. The predicted molar refractivity (Wildman–Crippen MR) is 96.4 cm³/mol. The molecule has 27 heavy (non-hydrogen) atoms. The van der Waals surface area contributed by atoms with Crippen LogP contribution in [0.25, 0.3) is 0 Å². The summed E-state index contributed by atoms with van der Waals surface area (Å²) >= 11 is 6.14. The molecule has 1 aliphatic rings. The van der Waals surface area contributed by atoms with Crippen LogP contribution in [0, 0.1) is 0 Å². The number of halogens is 1. The Kier molecular flexibility index (Phi) is 5.71. The first-order chi connectivity index (χ1) is 13.0. The van der Waals surface area contributed by atoms with Crippen molar-refractivity contribution in [2.45, 2.75) is 6.92 Å². The van der Waals surface area contributed by atoms with Crippen molar-refractivity contribution in [1.82, 2.24) is 0 Å². The van der Waals surface area contributed by atoms with Gasteiger partial charge in [0, 0.05) is 5.56 Å². The van der Waals surface area contributed by atoms with E-state index in [1.54, 1.807) is 25.1 Å². The number of methoxy groups -OCH3 is 1. The highest BCUT2D eigenvalue weighted by molar-refractivity contribution is 6.32. The number of esters is 1. The zero-order valence-corrected chi connectivity index (χ0v) is 15.5. The van der Waals surface area contributed by atoms with Crippen molar-refractivity contribution in [2.24, 2.45) is 0 Å². The van der Waals surface area contributed by atoms with E-state index >= 15 is 0 Å². The van der Waals surface area contributed by atoms with Gasteiger partial charge in [0.1, 0.15) is 0 Å². The summed E-state index contributed by atoms with van der Waals surface area (Å²) in [6, 6.07) is 7.62. The van der Waals surface area contributed by atoms with E-state index in [2.05, 4.69) is 0 Å². The number of carbonyl (C=O) groups is 2. The number of ether oxygens (including phenoxy) is 5. The molecule has 3 rings (SSSR count). The van der Waals surface area contributed by atoms with Gasteiger partial charge in [-0.15, -0.1) is 0 Å². The van der Waals surface area contributed by atoms with E-state index in [1.807, 2.05) is 0 Å². The molecular weight excluding hydrogens is 376 g/mol. The van der Waals surface area contributed by atoms with Crippen LogP contribution in [0.1, 0.15) is 27.6 Å². The van der Waals surface area contributed by atoms with E-state index in [1.165, 1.54) is 19.2 Å². The maximum Gasteiger partial charge on any atom is 0.338 e. The van der Waals surface area contributed by atoms with Gasteiger partial charge in [-0.1, -0.05) is 11.6 Å². The van der Waals surface area contributed by atoms with E-state index in [4.69, 9.17) is 35.3 Å². The van der Waals surface area contributed by atoms with Gasteiger partial charge in [-0.25, -0.2) is 4.79 Å². The molecule has 8 heteroatoms. The molecule has 142 valence electrons. The molecule has 0 spiro atoms. The zero-order chi connectivity index (χ0) is 19.4. The quantitative estimate of drug-likeness (QED) is 0.526. The lowest BCUT2D eigenvalue weighted by Crippen LogP contribution is -2.14. The van der Waals surface area contributed by atoms with Crippen LogP contribution >= 0.6 is 11.6 Å². The van der Waals surface area contributed by atoms with Crippen molar-refractivity contribution in [3.8, 4) is 23.0 Å². The third kappa shape index (κ3) is 4.09. The van der Waals surface area contributed by atoms with E-state index < -0.39 is 12.6 Å². The van der Waals surface area contributed by atoms with Gasteiger partial charge in [0.05, 0.1) is 24.3 Å². The average Bonchev–Trinajstić information content (AvgIpc) is 3.15. The Morgan fingerprint density at radius 2 is 1.89 bits per heavy atom. The molecule has 2 aromatic carbocycles. The third-order valence-electron chi connectivity index (χ3n) is 3.78. The van der Waals surface area contributed by atoms with Crippen molar-refractivity contribution in [3.05, 3.63) is 46.5 Å².